The average molecular weight is 312 g/mol. The van der Waals surface area contributed by atoms with E-state index in [1.165, 1.54) is 12.8 Å². The van der Waals surface area contributed by atoms with Gasteiger partial charge in [-0.15, -0.1) is 0 Å². The highest BCUT2D eigenvalue weighted by Crippen LogP contribution is 2.31. The molecule has 0 amide bonds. The molecular formula is C18H32O4. The molecule has 0 saturated heterocycles. The maximum Gasteiger partial charge on any atom is 0.308 e. The van der Waals surface area contributed by atoms with Gasteiger partial charge in [0.05, 0.1) is 25.0 Å². The summed E-state index contributed by atoms with van der Waals surface area (Å²) in [6.45, 7) is 7.17. The first-order chi connectivity index (χ1) is 10.5. The lowest BCUT2D eigenvalue weighted by Crippen LogP contribution is -2.30. The molecule has 4 nitrogen and oxygen atoms in total. The van der Waals surface area contributed by atoms with Crippen molar-refractivity contribution in [2.24, 2.45) is 17.8 Å². The van der Waals surface area contributed by atoms with Crippen molar-refractivity contribution >= 4 is 11.9 Å². The number of ether oxygens (including phenoxy) is 2. The fourth-order valence-corrected chi connectivity index (χ4v) is 2.80. The van der Waals surface area contributed by atoms with E-state index in [0.29, 0.717) is 25.6 Å². The molecule has 1 aliphatic rings. The molecule has 1 aliphatic carbocycles. The largest absolute Gasteiger partial charge is 0.465 e. The van der Waals surface area contributed by atoms with Gasteiger partial charge in [-0.3, -0.25) is 9.59 Å². The quantitative estimate of drug-likeness (QED) is 0.475. The Kier molecular flexibility index (Phi) is 9.17. The van der Waals surface area contributed by atoms with Crippen LogP contribution in [-0.4, -0.2) is 25.2 Å². The Morgan fingerprint density at radius 2 is 1.64 bits per heavy atom. The third-order valence-corrected chi connectivity index (χ3v) is 4.14. The fourth-order valence-electron chi connectivity index (χ4n) is 2.80. The van der Waals surface area contributed by atoms with Crippen LogP contribution >= 0.6 is 0 Å². The van der Waals surface area contributed by atoms with Gasteiger partial charge in [0.1, 0.15) is 0 Å². The first-order valence-electron chi connectivity index (χ1n) is 8.87. The summed E-state index contributed by atoms with van der Waals surface area (Å²) >= 11 is 0. The monoisotopic (exact) mass is 312 g/mol. The normalized spacial score (nSPS) is 21.6. The van der Waals surface area contributed by atoms with Gasteiger partial charge < -0.3 is 9.47 Å². The summed E-state index contributed by atoms with van der Waals surface area (Å²) in [6.07, 6.45) is 7.56. The smallest absolute Gasteiger partial charge is 0.308 e. The van der Waals surface area contributed by atoms with Gasteiger partial charge in [-0.2, -0.15) is 0 Å². The first-order valence-corrected chi connectivity index (χ1v) is 8.87. The van der Waals surface area contributed by atoms with Gasteiger partial charge >= 0.3 is 11.9 Å². The minimum Gasteiger partial charge on any atom is -0.465 e. The van der Waals surface area contributed by atoms with Crippen molar-refractivity contribution in [3.05, 3.63) is 0 Å². The SMILES string of the molecule is CCCCCCOC(=O)C1CCCC(C(=O)OCC(C)C)C1. The van der Waals surface area contributed by atoms with Gasteiger partial charge in [0.15, 0.2) is 0 Å². The Bertz CT molecular complexity index is 338. The molecule has 2 unspecified atom stereocenters. The third-order valence-electron chi connectivity index (χ3n) is 4.14. The number of unbranched alkanes of at least 4 members (excludes halogenated alkanes) is 3. The Morgan fingerprint density at radius 3 is 2.23 bits per heavy atom. The Balaban J connectivity index is 2.29. The van der Waals surface area contributed by atoms with Crippen molar-refractivity contribution in [3.8, 4) is 0 Å². The maximum atomic E-state index is 12.1. The van der Waals surface area contributed by atoms with Crippen LogP contribution in [-0.2, 0) is 19.1 Å². The molecule has 2 atom stereocenters. The van der Waals surface area contributed by atoms with Crippen LogP contribution in [0.1, 0.15) is 72.1 Å². The zero-order chi connectivity index (χ0) is 16.4. The van der Waals surface area contributed by atoms with Crippen molar-refractivity contribution in [1.29, 1.82) is 0 Å². The molecule has 0 heterocycles. The van der Waals surface area contributed by atoms with Crippen LogP contribution in [0.25, 0.3) is 0 Å². The molecule has 0 aromatic heterocycles. The zero-order valence-corrected chi connectivity index (χ0v) is 14.4. The number of carbonyl (C=O) groups excluding carboxylic acids is 2. The lowest BCUT2D eigenvalue weighted by molar-refractivity contribution is -0.155. The lowest BCUT2D eigenvalue weighted by Gasteiger charge is -2.26. The third kappa shape index (κ3) is 7.28. The highest BCUT2D eigenvalue weighted by Gasteiger charge is 2.32. The van der Waals surface area contributed by atoms with Crippen LogP contribution in [0.5, 0.6) is 0 Å². The molecule has 4 heteroatoms. The highest BCUT2D eigenvalue weighted by molar-refractivity contribution is 5.76. The fraction of sp³-hybridized carbons (Fsp3) is 0.889. The summed E-state index contributed by atoms with van der Waals surface area (Å²) in [5.41, 5.74) is 0. The van der Waals surface area contributed by atoms with Crippen LogP contribution in [0.2, 0.25) is 0 Å². The topological polar surface area (TPSA) is 52.6 Å². The van der Waals surface area contributed by atoms with E-state index in [2.05, 4.69) is 6.92 Å². The molecule has 1 fully saturated rings. The summed E-state index contributed by atoms with van der Waals surface area (Å²) in [7, 11) is 0. The summed E-state index contributed by atoms with van der Waals surface area (Å²) < 4.78 is 10.7. The van der Waals surface area contributed by atoms with Crippen LogP contribution in [0.3, 0.4) is 0 Å². The lowest BCUT2D eigenvalue weighted by atomic mass is 9.81. The van der Waals surface area contributed by atoms with E-state index in [9.17, 15) is 9.59 Å². The van der Waals surface area contributed by atoms with E-state index in [-0.39, 0.29) is 23.8 Å². The molecule has 0 aromatic rings. The molecule has 128 valence electrons. The second-order valence-corrected chi connectivity index (χ2v) is 6.81. The van der Waals surface area contributed by atoms with Crippen molar-refractivity contribution in [2.75, 3.05) is 13.2 Å². The molecular weight excluding hydrogens is 280 g/mol. The number of rotatable bonds is 9. The second kappa shape index (κ2) is 10.6. The van der Waals surface area contributed by atoms with Crippen LogP contribution < -0.4 is 0 Å². The summed E-state index contributed by atoms with van der Waals surface area (Å²) in [5, 5.41) is 0. The minimum atomic E-state index is -0.144. The number of hydrogen-bond donors (Lipinski definition) is 0. The van der Waals surface area contributed by atoms with E-state index < -0.39 is 0 Å². The van der Waals surface area contributed by atoms with Crippen LogP contribution in [0.15, 0.2) is 0 Å². The molecule has 1 saturated carbocycles. The summed E-state index contributed by atoms with van der Waals surface area (Å²) in [4.78, 5) is 24.1. The van der Waals surface area contributed by atoms with Crippen LogP contribution in [0, 0.1) is 17.8 Å². The van der Waals surface area contributed by atoms with E-state index in [4.69, 9.17) is 9.47 Å². The van der Waals surface area contributed by atoms with Crippen molar-refractivity contribution in [2.45, 2.75) is 72.1 Å². The van der Waals surface area contributed by atoms with E-state index in [1.54, 1.807) is 0 Å². The predicted molar refractivity (Wildman–Crippen MR) is 86.3 cm³/mol. The molecule has 0 aromatic carbocycles. The van der Waals surface area contributed by atoms with Gasteiger partial charge in [0.25, 0.3) is 0 Å². The van der Waals surface area contributed by atoms with Gasteiger partial charge in [-0.25, -0.2) is 0 Å². The maximum absolute atomic E-state index is 12.1. The molecule has 0 bridgehead atoms. The minimum absolute atomic E-state index is 0.127. The van der Waals surface area contributed by atoms with Crippen molar-refractivity contribution < 1.29 is 19.1 Å². The van der Waals surface area contributed by atoms with Gasteiger partial charge in [-0.1, -0.05) is 46.5 Å². The molecule has 0 aliphatic heterocycles. The van der Waals surface area contributed by atoms with Crippen molar-refractivity contribution in [3.63, 3.8) is 0 Å². The standard InChI is InChI=1S/C18H32O4/c1-4-5-6-7-11-21-17(19)15-9-8-10-16(12-15)18(20)22-13-14(2)3/h14-16H,4-13H2,1-3H3. The predicted octanol–water partition coefficient (Wildman–Crippen LogP) is 4.12. The average Bonchev–Trinajstić information content (AvgIpc) is 2.52. The Labute approximate surface area is 134 Å². The number of carbonyl (C=O) groups is 2. The van der Waals surface area contributed by atoms with E-state index in [1.807, 2.05) is 13.8 Å². The number of hydrogen-bond acceptors (Lipinski definition) is 4. The summed E-state index contributed by atoms with van der Waals surface area (Å²) in [6, 6.07) is 0. The highest BCUT2D eigenvalue weighted by atomic mass is 16.5. The van der Waals surface area contributed by atoms with Gasteiger partial charge in [-0.05, 0) is 31.6 Å². The van der Waals surface area contributed by atoms with E-state index in [0.717, 1.165) is 32.1 Å². The first kappa shape index (κ1) is 19.0. The van der Waals surface area contributed by atoms with Crippen LogP contribution in [0.4, 0.5) is 0 Å². The molecule has 22 heavy (non-hydrogen) atoms. The molecule has 1 rings (SSSR count). The number of esters is 2. The van der Waals surface area contributed by atoms with Gasteiger partial charge in [0.2, 0.25) is 0 Å². The molecule has 0 spiro atoms. The Hall–Kier alpha value is -1.06. The molecule has 0 radical (unpaired) electrons. The molecule has 0 N–H and O–H groups in total. The second-order valence-electron chi connectivity index (χ2n) is 6.81. The van der Waals surface area contributed by atoms with Gasteiger partial charge in [0, 0.05) is 0 Å². The Morgan fingerprint density at radius 1 is 1.00 bits per heavy atom. The van der Waals surface area contributed by atoms with Crippen molar-refractivity contribution in [1.82, 2.24) is 0 Å². The summed E-state index contributed by atoms with van der Waals surface area (Å²) in [5.74, 6) is -0.190. The zero-order valence-electron chi connectivity index (χ0n) is 14.4. The van der Waals surface area contributed by atoms with E-state index >= 15 is 0 Å².